The molecule has 0 spiro atoms. The minimum Gasteiger partial charge on any atom is -0.449 e. The molecule has 6 fully saturated rings. The molecule has 3 heterocycles. The number of aromatic nitrogens is 3. The van der Waals surface area contributed by atoms with Gasteiger partial charge in [-0.25, -0.2) is 4.79 Å². The van der Waals surface area contributed by atoms with Crippen LogP contribution in [0.4, 0.5) is 4.79 Å². The van der Waals surface area contributed by atoms with Crippen molar-refractivity contribution in [1.82, 2.24) is 25.2 Å². The molecule has 178 valence electrons. The van der Waals surface area contributed by atoms with Crippen LogP contribution in [0.2, 0.25) is 0 Å². The minimum atomic E-state index is -0.128. The van der Waals surface area contributed by atoms with E-state index in [0.29, 0.717) is 61.1 Å². The number of H-pyrrole nitrogens is 1. The molecule has 8 atom stereocenters. The fraction of sp³-hybridized carbons (Fsp3) is 0.692. The second kappa shape index (κ2) is 6.73. The molecule has 2 aliphatic heterocycles. The molecule has 1 N–H and O–H groups in total. The number of fused-ring (bicyclic) bond motifs is 5. The summed E-state index contributed by atoms with van der Waals surface area (Å²) in [6.07, 6.45) is 6.85. The van der Waals surface area contributed by atoms with Gasteiger partial charge in [-0.15, -0.1) is 5.10 Å². The number of benzene rings is 1. The highest BCUT2D eigenvalue weighted by Crippen LogP contribution is 2.77. The zero-order valence-corrected chi connectivity index (χ0v) is 19.4. The van der Waals surface area contributed by atoms with Crippen molar-refractivity contribution < 1.29 is 14.3 Å². The quantitative estimate of drug-likeness (QED) is 0.758. The lowest BCUT2D eigenvalue weighted by Crippen LogP contribution is -2.37. The first kappa shape index (κ1) is 19.6. The molecule has 0 radical (unpaired) electrons. The van der Waals surface area contributed by atoms with Crippen LogP contribution in [0.25, 0.3) is 11.0 Å². The van der Waals surface area contributed by atoms with Gasteiger partial charge in [0.05, 0.1) is 12.1 Å². The molecule has 2 aromatic rings. The maximum absolute atomic E-state index is 13.1. The molecular formula is C26H31N5O3. The molecule has 2 amide bonds. The third kappa shape index (κ3) is 2.71. The SMILES string of the molecule is O=C(OCC12CC3CC4CC(C3)C1C2C4)N1C[C@@H]2CN(C(=O)c3ccc4[nH]nnc4c3)C[C@@H]2C1. The first-order chi connectivity index (χ1) is 16.6. The summed E-state index contributed by atoms with van der Waals surface area (Å²) in [4.78, 5) is 29.9. The summed E-state index contributed by atoms with van der Waals surface area (Å²) >= 11 is 0. The Morgan fingerprint density at radius 1 is 1.00 bits per heavy atom. The number of carbonyl (C=O) groups excluding carboxylic acids is 2. The number of nitrogens with zero attached hydrogens (tertiary/aromatic N) is 4. The molecule has 8 heteroatoms. The largest absolute Gasteiger partial charge is 0.449 e. The van der Waals surface area contributed by atoms with E-state index >= 15 is 0 Å². The molecule has 1 aromatic heterocycles. The molecule has 6 unspecified atom stereocenters. The van der Waals surface area contributed by atoms with Crippen LogP contribution < -0.4 is 0 Å². The van der Waals surface area contributed by atoms with Crippen LogP contribution in [-0.2, 0) is 4.74 Å². The van der Waals surface area contributed by atoms with Gasteiger partial charge in [-0.05, 0) is 79.9 Å². The van der Waals surface area contributed by atoms with Gasteiger partial charge in [-0.3, -0.25) is 9.89 Å². The van der Waals surface area contributed by atoms with Crippen LogP contribution in [0.15, 0.2) is 18.2 Å². The Kier molecular flexibility index (Phi) is 3.89. The molecule has 6 aliphatic rings. The van der Waals surface area contributed by atoms with E-state index in [1.54, 1.807) is 6.07 Å². The average molecular weight is 462 g/mol. The molecular weight excluding hydrogens is 430 g/mol. The lowest BCUT2D eigenvalue weighted by atomic mass is 9.64. The van der Waals surface area contributed by atoms with Crippen LogP contribution in [0, 0.1) is 46.8 Å². The molecule has 4 aliphatic carbocycles. The Hall–Kier alpha value is -2.64. The van der Waals surface area contributed by atoms with Gasteiger partial charge in [0.25, 0.3) is 5.91 Å². The second-order valence-corrected chi connectivity index (χ2v) is 12.2. The monoisotopic (exact) mass is 461 g/mol. The average Bonchev–Trinajstić information content (AvgIpc) is 3.22. The van der Waals surface area contributed by atoms with E-state index in [9.17, 15) is 9.59 Å². The van der Waals surface area contributed by atoms with Crippen molar-refractivity contribution in [1.29, 1.82) is 0 Å². The van der Waals surface area contributed by atoms with Crippen molar-refractivity contribution in [2.75, 3.05) is 32.8 Å². The van der Waals surface area contributed by atoms with Gasteiger partial charge >= 0.3 is 6.09 Å². The predicted molar refractivity (Wildman–Crippen MR) is 123 cm³/mol. The Balaban J connectivity index is 0.887. The van der Waals surface area contributed by atoms with Crippen molar-refractivity contribution in [3.8, 4) is 0 Å². The van der Waals surface area contributed by atoms with Gasteiger partial charge in [0, 0.05) is 49.0 Å². The molecule has 3 bridgehead atoms. The second-order valence-electron chi connectivity index (χ2n) is 12.2. The number of hydrogen-bond donors (Lipinski definition) is 1. The standard InChI is InChI=1S/C26H31N5O3/c32-24(16-1-2-21-22(7-16)28-29-27-21)30-9-18-11-31(12-19(18)10-30)25(33)34-13-26-8-15-3-14-4-17(5-15)23(26)20(26)6-14/h1-2,7,14-15,17-20,23H,3-6,8-13H2,(H,27,28,29)/t14?,15?,17?,18-,19+,20?,23?,26?. The summed E-state index contributed by atoms with van der Waals surface area (Å²) in [5, 5.41) is 10.6. The van der Waals surface area contributed by atoms with Gasteiger partial charge in [-0.1, -0.05) is 5.21 Å². The maximum atomic E-state index is 13.1. The number of amides is 2. The Morgan fingerprint density at radius 2 is 1.79 bits per heavy atom. The number of rotatable bonds is 3. The van der Waals surface area contributed by atoms with E-state index in [-0.39, 0.29) is 12.0 Å². The lowest BCUT2D eigenvalue weighted by molar-refractivity contribution is 0.0406. The minimum absolute atomic E-state index is 0.0362. The maximum Gasteiger partial charge on any atom is 0.409 e. The van der Waals surface area contributed by atoms with Crippen LogP contribution in [-0.4, -0.2) is 70.0 Å². The van der Waals surface area contributed by atoms with Gasteiger partial charge in [0.15, 0.2) is 0 Å². The number of nitrogens with one attached hydrogen (secondary N) is 1. The Morgan fingerprint density at radius 3 is 2.65 bits per heavy atom. The number of aromatic amines is 1. The van der Waals surface area contributed by atoms with Gasteiger partial charge in [0.1, 0.15) is 5.52 Å². The number of ether oxygens (including phenoxy) is 1. The van der Waals surface area contributed by atoms with E-state index in [0.717, 1.165) is 35.1 Å². The zero-order chi connectivity index (χ0) is 22.6. The molecule has 8 rings (SSSR count). The molecule has 34 heavy (non-hydrogen) atoms. The van der Waals surface area contributed by atoms with Crippen molar-refractivity contribution in [3.63, 3.8) is 0 Å². The number of hydrogen-bond acceptors (Lipinski definition) is 5. The summed E-state index contributed by atoms with van der Waals surface area (Å²) in [5.41, 5.74) is 2.50. The van der Waals surface area contributed by atoms with E-state index in [1.807, 2.05) is 21.9 Å². The summed E-state index contributed by atoms with van der Waals surface area (Å²) in [6, 6.07) is 5.48. The Bertz CT molecular complexity index is 1180. The highest BCUT2D eigenvalue weighted by atomic mass is 16.6. The highest BCUT2D eigenvalue weighted by Gasteiger charge is 2.73. The van der Waals surface area contributed by atoms with Crippen LogP contribution in [0.5, 0.6) is 0 Å². The highest BCUT2D eigenvalue weighted by molar-refractivity contribution is 5.97. The normalized spacial score (nSPS) is 41.1. The summed E-state index contributed by atoms with van der Waals surface area (Å²) < 4.78 is 6.02. The Labute approximate surface area is 198 Å². The van der Waals surface area contributed by atoms with Gasteiger partial charge in [0.2, 0.25) is 0 Å². The molecule has 8 nitrogen and oxygen atoms in total. The van der Waals surface area contributed by atoms with Gasteiger partial charge in [-0.2, -0.15) is 0 Å². The van der Waals surface area contributed by atoms with Crippen molar-refractivity contribution in [2.45, 2.75) is 32.1 Å². The number of carbonyl (C=O) groups is 2. The summed E-state index contributed by atoms with van der Waals surface area (Å²) in [5.74, 6) is 5.11. The molecule has 1 aromatic carbocycles. The third-order valence-electron chi connectivity index (χ3n) is 10.5. The van der Waals surface area contributed by atoms with Crippen molar-refractivity contribution >= 4 is 23.0 Å². The smallest absolute Gasteiger partial charge is 0.409 e. The predicted octanol–water partition coefficient (Wildman–Crippen LogP) is 3.17. The summed E-state index contributed by atoms with van der Waals surface area (Å²) in [7, 11) is 0. The zero-order valence-electron chi connectivity index (χ0n) is 19.4. The number of likely N-dealkylation sites (tertiary alicyclic amines) is 2. The van der Waals surface area contributed by atoms with Crippen molar-refractivity contribution in [2.24, 2.45) is 46.8 Å². The van der Waals surface area contributed by atoms with E-state index in [4.69, 9.17) is 4.74 Å². The fourth-order valence-corrected chi connectivity index (χ4v) is 9.26. The van der Waals surface area contributed by atoms with Crippen LogP contribution in [0.3, 0.4) is 0 Å². The van der Waals surface area contributed by atoms with E-state index in [2.05, 4.69) is 15.4 Å². The van der Waals surface area contributed by atoms with Crippen LogP contribution in [0.1, 0.15) is 42.5 Å². The fourth-order valence-electron chi connectivity index (χ4n) is 9.26. The van der Waals surface area contributed by atoms with Crippen molar-refractivity contribution in [3.05, 3.63) is 23.8 Å². The first-order valence-electron chi connectivity index (χ1n) is 13.1. The third-order valence-corrected chi connectivity index (χ3v) is 10.5. The van der Waals surface area contributed by atoms with Gasteiger partial charge < -0.3 is 14.5 Å². The topological polar surface area (TPSA) is 91.4 Å². The first-order valence-corrected chi connectivity index (χ1v) is 13.1. The summed E-state index contributed by atoms with van der Waals surface area (Å²) in [6.45, 7) is 3.43. The molecule has 2 saturated heterocycles. The van der Waals surface area contributed by atoms with Crippen LogP contribution >= 0.6 is 0 Å². The lowest BCUT2D eigenvalue weighted by Gasteiger charge is -2.42. The van der Waals surface area contributed by atoms with E-state index in [1.165, 1.54) is 32.1 Å². The van der Waals surface area contributed by atoms with E-state index < -0.39 is 0 Å². The molecule has 4 saturated carbocycles.